The molecule has 1 saturated heterocycles. The molecule has 0 bridgehead atoms. The molecule has 1 fully saturated rings. The van der Waals surface area contributed by atoms with E-state index >= 15 is 0 Å². The quantitative estimate of drug-likeness (QED) is 0.575. The number of aliphatic hydroxyl groups excluding tert-OH is 1. The van der Waals surface area contributed by atoms with E-state index in [1.54, 1.807) is 7.11 Å². The second-order valence-electron chi connectivity index (χ2n) is 2.86. The lowest BCUT2D eigenvalue weighted by Crippen LogP contribution is -2.29. The third-order valence-electron chi connectivity index (χ3n) is 1.96. The van der Waals surface area contributed by atoms with Crippen molar-refractivity contribution in [2.45, 2.75) is 18.8 Å². The molecule has 1 heterocycles. The molecule has 0 aromatic rings. The summed E-state index contributed by atoms with van der Waals surface area (Å²) in [6.45, 7) is 0.658. The predicted molar refractivity (Wildman–Crippen MR) is 39.9 cm³/mol. The van der Waals surface area contributed by atoms with Gasteiger partial charge in [0.25, 0.3) is 0 Å². The van der Waals surface area contributed by atoms with Crippen molar-refractivity contribution in [1.29, 1.82) is 0 Å². The van der Waals surface area contributed by atoms with E-state index in [9.17, 15) is 0 Å². The fourth-order valence-electron chi connectivity index (χ4n) is 1.36. The summed E-state index contributed by atoms with van der Waals surface area (Å²) in [5, 5.41) is 8.75. The standard InChI is InChI=1S/C7H15NO3/c1-10-4-5-2-6(3-9)11-7(5)8/h5-7,9H,2-4,8H2,1H3. The van der Waals surface area contributed by atoms with Crippen LogP contribution in [0.2, 0.25) is 0 Å². The van der Waals surface area contributed by atoms with Crippen molar-refractivity contribution in [1.82, 2.24) is 0 Å². The second kappa shape index (κ2) is 4.01. The minimum atomic E-state index is -0.271. The van der Waals surface area contributed by atoms with E-state index in [4.69, 9.17) is 20.3 Å². The molecule has 0 spiro atoms. The van der Waals surface area contributed by atoms with E-state index < -0.39 is 0 Å². The summed E-state index contributed by atoms with van der Waals surface area (Å²) >= 11 is 0. The number of ether oxygens (including phenoxy) is 2. The van der Waals surface area contributed by atoms with Gasteiger partial charge in [-0.25, -0.2) is 0 Å². The Bertz CT molecular complexity index is 120. The van der Waals surface area contributed by atoms with Crippen molar-refractivity contribution >= 4 is 0 Å². The molecule has 3 atom stereocenters. The Morgan fingerprint density at radius 2 is 2.45 bits per heavy atom. The topological polar surface area (TPSA) is 64.7 Å². The molecule has 1 rings (SSSR count). The van der Waals surface area contributed by atoms with Gasteiger partial charge in [-0.05, 0) is 6.42 Å². The molecule has 4 nitrogen and oxygen atoms in total. The zero-order valence-electron chi connectivity index (χ0n) is 6.69. The molecule has 1 aliphatic rings. The highest BCUT2D eigenvalue weighted by molar-refractivity contribution is 4.78. The van der Waals surface area contributed by atoms with Gasteiger partial charge in [0.1, 0.15) is 6.23 Å². The minimum absolute atomic E-state index is 0.0495. The smallest absolute Gasteiger partial charge is 0.111 e. The summed E-state index contributed by atoms with van der Waals surface area (Å²) in [6, 6.07) is 0. The fraction of sp³-hybridized carbons (Fsp3) is 1.00. The van der Waals surface area contributed by atoms with Gasteiger partial charge in [0, 0.05) is 13.0 Å². The lowest BCUT2D eigenvalue weighted by atomic mass is 10.1. The first-order valence-electron chi connectivity index (χ1n) is 3.78. The van der Waals surface area contributed by atoms with Crippen LogP contribution < -0.4 is 5.73 Å². The first kappa shape index (κ1) is 8.93. The van der Waals surface area contributed by atoms with Gasteiger partial charge in [-0.2, -0.15) is 0 Å². The molecule has 3 unspecified atom stereocenters. The van der Waals surface area contributed by atoms with Crippen LogP contribution in [0.5, 0.6) is 0 Å². The van der Waals surface area contributed by atoms with Crippen LogP contribution in [0, 0.1) is 5.92 Å². The highest BCUT2D eigenvalue weighted by atomic mass is 16.5. The van der Waals surface area contributed by atoms with Crippen molar-refractivity contribution in [2.75, 3.05) is 20.3 Å². The zero-order chi connectivity index (χ0) is 8.27. The van der Waals surface area contributed by atoms with Crippen LogP contribution in [0.4, 0.5) is 0 Å². The number of aliphatic hydroxyl groups is 1. The average molecular weight is 161 g/mol. The maximum absolute atomic E-state index is 8.75. The van der Waals surface area contributed by atoms with E-state index in [1.165, 1.54) is 0 Å². The van der Waals surface area contributed by atoms with Crippen LogP contribution in [-0.4, -0.2) is 37.8 Å². The van der Waals surface area contributed by atoms with E-state index in [0.29, 0.717) is 6.61 Å². The Hall–Kier alpha value is -0.160. The number of hydrogen-bond donors (Lipinski definition) is 2. The van der Waals surface area contributed by atoms with Crippen LogP contribution in [0.25, 0.3) is 0 Å². The summed E-state index contributed by atoms with van der Waals surface area (Å²) < 4.78 is 10.2. The molecule has 0 aliphatic carbocycles. The number of rotatable bonds is 3. The Kier molecular flexibility index (Phi) is 3.26. The molecule has 0 saturated carbocycles. The van der Waals surface area contributed by atoms with Gasteiger partial charge in [0.15, 0.2) is 0 Å². The summed E-state index contributed by atoms with van der Waals surface area (Å²) in [7, 11) is 1.64. The first-order valence-corrected chi connectivity index (χ1v) is 3.78. The summed E-state index contributed by atoms with van der Waals surface area (Å²) in [4.78, 5) is 0. The normalized spacial score (nSPS) is 37.9. The largest absolute Gasteiger partial charge is 0.394 e. The van der Waals surface area contributed by atoms with Crippen molar-refractivity contribution in [3.8, 4) is 0 Å². The number of hydrogen-bond acceptors (Lipinski definition) is 4. The van der Waals surface area contributed by atoms with Gasteiger partial charge >= 0.3 is 0 Å². The summed E-state index contributed by atoms with van der Waals surface area (Å²) in [6.07, 6.45) is 0.433. The van der Waals surface area contributed by atoms with E-state index in [1.807, 2.05) is 0 Å². The zero-order valence-corrected chi connectivity index (χ0v) is 6.69. The van der Waals surface area contributed by atoms with Gasteiger partial charge in [-0.1, -0.05) is 0 Å². The molecular weight excluding hydrogens is 146 g/mol. The highest BCUT2D eigenvalue weighted by Gasteiger charge is 2.31. The molecule has 0 aromatic heterocycles. The molecule has 0 radical (unpaired) electrons. The maximum Gasteiger partial charge on any atom is 0.111 e. The fourth-order valence-corrected chi connectivity index (χ4v) is 1.36. The molecule has 0 amide bonds. The lowest BCUT2D eigenvalue weighted by molar-refractivity contribution is 0.00171. The molecule has 1 aliphatic heterocycles. The van der Waals surface area contributed by atoms with Crippen molar-refractivity contribution < 1.29 is 14.6 Å². The monoisotopic (exact) mass is 161 g/mol. The summed E-state index contributed by atoms with van der Waals surface area (Å²) in [5.74, 6) is 0.233. The average Bonchev–Trinajstić information content (AvgIpc) is 2.33. The highest BCUT2D eigenvalue weighted by Crippen LogP contribution is 2.22. The van der Waals surface area contributed by atoms with E-state index in [-0.39, 0.29) is 24.9 Å². The minimum Gasteiger partial charge on any atom is -0.394 e. The van der Waals surface area contributed by atoms with Crippen LogP contribution in [0.15, 0.2) is 0 Å². The Labute approximate surface area is 66.3 Å². The van der Waals surface area contributed by atoms with Crippen LogP contribution in [0.1, 0.15) is 6.42 Å². The van der Waals surface area contributed by atoms with Gasteiger partial charge in [0.2, 0.25) is 0 Å². The maximum atomic E-state index is 8.75. The third kappa shape index (κ3) is 2.13. The SMILES string of the molecule is COCC1CC(CO)OC1N. The molecule has 66 valence electrons. The van der Waals surface area contributed by atoms with E-state index in [2.05, 4.69) is 0 Å². The predicted octanol–water partition coefficient (Wildman–Crippen LogP) is -0.685. The molecule has 3 N–H and O–H groups in total. The molecular formula is C7H15NO3. The van der Waals surface area contributed by atoms with E-state index in [0.717, 1.165) is 6.42 Å². The molecule has 4 heteroatoms. The third-order valence-corrected chi connectivity index (χ3v) is 1.96. The molecule has 0 aromatic carbocycles. The Morgan fingerprint density at radius 1 is 1.73 bits per heavy atom. The van der Waals surface area contributed by atoms with Crippen LogP contribution in [0.3, 0.4) is 0 Å². The molecule has 11 heavy (non-hydrogen) atoms. The van der Waals surface area contributed by atoms with Gasteiger partial charge in [0.05, 0.1) is 19.3 Å². The summed E-state index contributed by atoms with van der Waals surface area (Å²) in [5.41, 5.74) is 5.62. The number of nitrogens with two attached hydrogens (primary N) is 1. The van der Waals surface area contributed by atoms with Crippen molar-refractivity contribution in [2.24, 2.45) is 11.7 Å². The lowest BCUT2D eigenvalue weighted by Gasteiger charge is -2.11. The number of methoxy groups -OCH3 is 1. The second-order valence-corrected chi connectivity index (χ2v) is 2.86. The van der Waals surface area contributed by atoms with Gasteiger partial charge in [-0.3, -0.25) is 0 Å². The van der Waals surface area contributed by atoms with Crippen LogP contribution >= 0.6 is 0 Å². The van der Waals surface area contributed by atoms with Crippen molar-refractivity contribution in [3.63, 3.8) is 0 Å². The van der Waals surface area contributed by atoms with Gasteiger partial charge in [-0.15, -0.1) is 0 Å². The van der Waals surface area contributed by atoms with Crippen LogP contribution in [-0.2, 0) is 9.47 Å². The van der Waals surface area contributed by atoms with Gasteiger partial charge < -0.3 is 20.3 Å². The first-order chi connectivity index (χ1) is 5.27. The Morgan fingerprint density at radius 3 is 2.91 bits per heavy atom. The van der Waals surface area contributed by atoms with Crippen molar-refractivity contribution in [3.05, 3.63) is 0 Å². The Balaban J connectivity index is 2.32.